The molecule has 2 atom stereocenters. The first-order valence-electron chi connectivity index (χ1n) is 9.36. The summed E-state index contributed by atoms with van der Waals surface area (Å²) < 4.78 is 0. The number of hydrogen-bond donors (Lipinski definition) is 1. The van der Waals surface area contributed by atoms with Crippen LogP contribution in [0.4, 0.5) is 0 Å². The van der Waals surface area contributed by atoms with Crippen molar-refractivity contribution < 1.29 is 4.79 Å². The van der Waals surface area contributed by atoms with Gasteiger partial charge in [0.05, 0.1) is 5.92 Å². The zero-order valence-corrected chi connectivity index (χ0v) is 16.7. The van der Waals surface area contributed by atoms with E-state index in [2.05, 4.69) is 16.7 Å². The van der Waals surface area contributed by atoms with Crippen molar-refractivity contribution in [3.63, 3.8) is 0 Å². The van der Waals surface area contributed by atoms with E-state index >= 15 is 0 Å². The van der Waals surface area contributed by atoms with Crippen LogP contribution in [0, 0.1) is 11.8 Å². The van der Waals surface area contributed by atoms with Gasteiger partial charge in [-0.1, -0.05) is 12.8 Å². The van der Waals surface area contributed by atoms with Crippen molar-refractivity contribution in [1.29, 1.82) is 0 Å². The quantitative estimate of drug-likeness (QED) is 0.819. The van der Waals surface area contributed by atoms with Gasteiger partial charge in [0, 0.05) is 25.2 Å². The maximum Gasteiger partial charge on any atom is 0.227 e. The Labute approximate surface area is 159 Å². The number of hydrogen-bond acceptors (Lipinski definition) is 3. The third-order valence-corrected chi connectivity index (χ3v) is 6.19. The minimum atomic E-state index is -0.290. The smallest absolute Gasteiger partial charge is 0.227 e. The SMILES string of the molecule is CC1(N)CCCCC1C(=O)N1CCC(CN2CCCC2)CC1.Cl.Cl. The van der Waals surface area contributed by atoms with Gasteiger partial charge in [-0.25, -0.2) is 0 Å². The molecule has 3 rings (SSSR count). The molecule has 0 aromatic heterocycles. The van der Waals surface area contributed by atoms with Crippen molar-refractivity contribution in [1.82, 2.24) is 9.80 Å². The molecule has 2 unspecified atom stereocenters. The van der Waals surface area contributed by atoms with Gasteiger partial charge in [-0.05, 0) is 64.5 Å². The number of rotatable bonds is 3. The molecule has 4 nitrogen and oxygen atoms in total. The van der Waals surface area contributed by atoms with Crippen molar-refractivity contribution in [2.24, 2.45) is 17.6 Å². The van der Waals surface area contributed by atoms with Crippen molar-refractivity contribution in [2.45, 2.75) is 63.8 Å². The van der Waals surface area contributed by atoms with Gasteiger partial charge in [0.2, 0.25) is 5.91 Å². The molecule has 0 spiro atoms. The van der Waals surface area contributed by atoms with Crippen LogP contribution < -0.4 is 5.73 Å². The molecule has 6 heteroatoms. The lowest BCUT2D eigenvalue weighted by Gasteiger charge is -2.42. The summed E-state index contributed by atoms with van der Waals surface area (Å²) in [6, 6.07) is 0. The van der Waals surface area contributed by atoms with Gasteiger partial charge in [-0.2, -0.15) is 0 Å². The molecule has 0 aromatic rings. The van der Waals surface area contributed by atoms with Crippen LogP contribution in [0.1, 0.15) is 58.3 Å². The number of halogens is 2. The van der Waals surface area contributed by atoms with Crippen molar-refractivity contribution in [3.8, 4) is 0 Å². The van der Waals surface area contributed by atoms with Gasteiger partial charge in [-0.3, -0.25) is 4.79 Å². The minimum Gasteiger partial charge on any atom is -0.342 e. The first-order chi connectivity index (χ1) is 10.6. The molecule has 2 N–H and O–H groups in total. The van der Waals surface area contributed by atoms with Crippen LogP contribution in [0.3, 0.4) is 0 Å². The summed E-state index contributed by atoms with van der Waals surface area (Å²) in [6.07, 6.45) is 9.41. The van der Waals surface area contributed by atoms with Crippen LogP contribution in [0.2, 0.25) is 0 Å². The number of likely N-dealkylation sites (tertiary alicyclic amines) is 2. The number of carbonyl (C=O) groups is 1. The second kappa shape index (κ2) is 9.61. The number of nitrogens with zero attached hydrogens (tertiary/aromatic N) is 2. The standard InChI is InChI=1S/C18H33N3O.2ClH/c1-18(19)9-3-2-6-16(18)17(22)21-12-7-15(8-13-21)14-20-10-4-5-11-20;;/h15-16H,2-14,19H2,1H3;2*1H. The summed E-state index contributed by atoms with van der Waals surface area (Å²) in [6.45, 7) is 7.79. The Morgan fingerprint density at radius 2 is 1.62 bits per heavy atom. The van der Waals surface area contributed by atoms with E-state index in [0.29, 0.717) is 5.91 Å². The lowest BCUT2D eigenvalue weighted by atomic mass is 9.73. The first-order valence-corrected chi connectivity index (χ1v) is 9.36. The monoisotopic (exact) mass is 379 g/mol. The number of nitrogens with two attached hydrogens (primary N) is 1. The fourth-order valence-corrected chi connectivity index (χ4v) is 4.65. The third-order valence-electron chi connectivity index (χ3n) is 6.19. The summed E-state index contributed by atoms with van der Waals surface area (Å²) in [5, 5.41) is 0. The van der Waals surface area contributed by atoms with Gasteiger partial charge >= 0.3 is 0 Å². The van der Waals surface area contributed by atoms with Crippen LogP contribution in [0.5, 0.6) is 0 Å². The molecular weight excluding hydrogens is 345 g/mol. The van der Waals surface area contributed by atoms with Gasteiger partial charge in [-0.15, -0.1) is 24.8 Å². The molecule has 24 heavy (non-hydrogen) atoms. The van der Waals surface area contributed by atoms with E-state index in [1.807, 2.05) is 0 Å². The van der Waals surface area contributed by atoms with E-state index in [1.54, 1.807) is 0 Å². The lowest BCUT2D eigenvalue weighted by Crippen LogP contribution is -2.55. The normalized spacial score (nSPS) is 32.1. The largest absolute Gasteiger partial charge is 0.342 e. The van der Waals surface area contributed by atoms with Crippen molar-refractivity contribution in [2.75, 3.05) is 32.7 Å². The molecule has 2 saturated heterocycles. The highest BCUT2D eigenvalue weighted by atomic mass is 35.5. The second-order valence-electron chi connectivity index (χ2n) is 8.08. The molecular formula is C18H35Cl2N3O. The highest BCUT2D eigenvalue weighted by molar-refractivity contribution is 5.85. The number of amides is 1. The van der Waals surface area contributed by atoms with E-state index in [-0.39, 0.29) is 36.3 Å². The van der Waals surface area contributed by atoms with Crippen LogP contribution in [0.15, 0.2) is 0 Å². The Bertz CT molecular complexity index is 392. The molecule has 0 bridgehead atoms. The predicted molar refractivity (Wildman–Crippen MR) is 104 cm³/mol. The lowest BCUT2D eigenvalue weighted by molar-refractivity contribution is -0.140. The van der Waals surface area contributed by atoms with E-state index in [1.165, 1.54) is 51.7 Å². The van der Waals surface area contributed by atoms with E-state index in [4.69, 9.17) is 5.73 Å². The third kappa shape index (κ3) is 5.23. The topological polar surface area (TPSA) is 49.6 Å². The van der Waals surface area contributed by atoms with Gasteiger partial charge < -0.3 is 15.5 Å². The summed E-state index contributed by atoms with van der Waals surface area (Å²) >= 11 is 0. The fraction of sp³-hybridized carbons (Fsp3) is 0.944. The van der Waals surface area contributed by atoms with E-state index < -0.39 is 0 Å². The van der Waals surface area contributed by atoms with Gasteiger partial charge in [0.15, 0.2) is 0 Å². The molecule has 3 aliphatic rings. The Morgan fingerprint density at radius 3 is 2.21 bits per heavy atom. The fourth-order valence-electron chi connectivity index (χ4n) is 4.65. The Hall–Kier alpha value is -0.0300. The molecule has 0 radical (unpaired) electrons. The maximum atomic E-state index is 12.9. The number of piperidine rings is 1. The van der Waals surface area contributed by atoms with Gasteiger partial charge in [0.1, 0.15) is 0 Å². The zero-order valence-electron chi connectivity index (χ0n) is 15.0. The van der Waals surface area contributed by atoms with Crippen molar-refractivity contribution in [3.05, 3.63) is 0 Å². The van der Waals surface area contributed by atoms with Crippen molar-refractivity contribution >= 4 is 30.7 Å². The minimum absolute atomic E-state index is 0. The first kappa shape index (κ1) is 22.0. The predicted octanol–water partition coefficient (Wildman–Crippen LogP) is 3.07. The molecule has 142 valence electrons. The van der Waals surface area contributed by atoms with Crippen LogP contribution in [-0.4, -0.2) is 54.0 Å². The highest BCUT2D eigenvalue weighted by Crippen LogP contribution is 2.34. The van der Waals surface area contributed by atoms with Crippen LogP contribution in [0.25, 0.3) is 0 Å². The number of carbonyl (C=O) groups excluding carboxylic acids is 1. The average Bonchev–Trinajstić information content (AvgIpc) is 3.00. The Kier molecular flexibility index (Phi) is 8.81. The maximum absolute atomic E-state index is 12.9. The molecule has 1 saturated carbocycles. The summed E-state index contributed by atoms with van der Waals surface area (Å²) in [7, 11) is 0. The Balaban J connectivity index is 0.00000144. The van der Waals surface area contributed by atoms with E-state index in [0.717, 1.165) is 38.3 Å². The second-order valence-corrected chi connectivity index (χ2v) is 8.08. The molecule has 3 fully saturated rings. The molecule has 1 amide bonds. The molecule has 2 aliphatic heterocycles. The highest BCUT2D eigenvalue weighted by Gasteiger charge is 2.40. The summed E-state index contributed by atoms with van der Waals surface area (Å²) in [4.78, 5) is 17.6. The summed E-state index contributed by atoms with van der Waals surface area (Å²) in [5.41, 5.74) is 6.12. The Morgan fingerprint density at radius 1 is 1.00 bits per heavy atom. The van der Waals surface area contributed by atoms with Crippen LogP contribution in [-0.2, 0) is 4.79 Å². The van der Waals surface area contributed by atoms with E-state index in [9.17, 15) is 4.79 Å². The van der Waals surface area contributed by atoms with Gasteiger partial charge in [0.25, 0.3) is 0 Å². The summed E-state index contributed by atoms with van der Waals surface area (Å²) in [5.74, 6) is 1.18. The zero-order chi connectivity index (χ0) is 15.6. The van der Waals surface area contributed by atoms with Crippen LogP contribution >= 0.6 is 24.8 Å². The molecule has 0 aromatic carbocycles. The average molecular weight is 380 g/mol. The molecule has 1 aliphatic carbocycles. The molecule has 2 heterocycles.